The fraction of sp³-hybridized carbons (Fsp3) is 0.0833. The van der Waals surface area contributed by atoms with Crippen molar-refractivity contribution in [1.29, 1.82) is 0 Å². The van der Waals surface area contributed by atoms with E-state index in [-0.39, 0.29) is 11.1 Å². The van der Waals surface area contributed by atoms with Gasteiger partial charge in [-0.1, -0.05) is 27.5 Å². The van der Waals surface area contributed by atoms with Crippen LogP contribution in [0.3, 0.4) is 0 Å². The SMILES string of the molecule is Cc1cc(C(=O)Nc2ccc(Cl)nn2)ccc1Br. The minimum atomic E-state index is -0.234. The van der Waals surface area contributed by atoms with Gasteiger partial charge in [0.05, 0.1) is 0 Å². The molecule has 4 nitrogen and oxygen atoms in total. The summed E-state index contributed by atoms with van der Waals surface area (Å²) in [6.45, 7) is 1.92. The molecule has 1 aromatic carbocycles. The van der Waals surface area contributed by atoms with Crippen molar-refractivity contribution in [3.63, 3.8) is 0 Å². The number of halogens is 2. The molecule has 0 spiro atoms. The normalized spacial score (nSPS) is 10.2. The summed E-state index contributed by atoms with van der Waals surface area (Å²) in [5.41, 5.74) is 1.55. The molecule has 1 N–H and O–H groups in total. The maximum absolute atomic E-state index is 11.9. The van der Waals surface area contributed by atoms with Gasteiger partial charge in [-0.3, -0.25) is 4.79 Å². The van der Waals surface area contributed by atoms with E-state index < -0.39 is 0 Å². The Hall–Kier alpha value is -1.46. The molecule has 0 unspecified atom stereocenters. The Morgan fingerprint density at radius 2 is 2.06 bits per heavy atom. The Labute approximate surface area is 118 Å². The minimum Gasteiger partial charge on any atom is -0.305 e. The highest BCUT2D eigenvalue weighted by Gasteiger charge is 2.08. The lowest BCUT2D eigenvalue weighted by atomic mass is 10.1. The zero-order valence-corrected chi connectivity index (χ0v) is 11.8. The number of nitrogens with one attached hydrogen (secondary N) is 1. The Bertz CT molecular complexity index is 586. The highest BCUT2D eigenvalue weighted by Crippen LogP contribution is 2.17. The molecule has 0 aliphatic heterocycles. The molecule has 0 saturated heterocycles. The maximum atomic E-state index is 11.9. The van der Waals surface area contributed by atoms with E-state index in [2.05, 4.69) is 31.4 Å². The molecule has 0 atom stereocenters. The third kappa shape index (κ3) is 3.05. The van der Waals surface area contributed by atoms with E-state index in [0.717, 1.165) is 10.0 Å². The Kier molecular flexibility index (Phi) is 3.93. The minimum absolute atomic E-state index is 0.234. The summed E-state index contributed by atoms with van der Waals surface area (Å²) < 4.78 is 0.963. The molecule has 2 rings (SSSR count). The molecule has 0 aliphatic carbocycles. The number of nitrogens with zero attached hydrogens (tertiary/aromatic N) is 2. The second-order valence-corrected chi connectivity index (χ2v) is 4.90. The summed E-state index contributed by atoms with van der Waals surface area (Å²) in [7, 11) is 0. The first kappa shape index (κ1) is 13.0. The van der Waals surface area contributed by atoms with E-state index in [1.807, 2.05) is 13.0 Å². The van der Waals surface area contributed by atoms with Crippen LogP contribution in [0.25, 0.3) is 0 Å². The molecule has 18 heavy (non-hydrogen) atoms. The number of carbonyl (C=O) groups is 1. The van der Waals surface area contributed by atoms with Crippen LogP contribution >= 0.6 is 27.5 Å². The molecule has 1 amide bonds. The summed E-state index contributed by atoms with van der Waals surface area (Å²) in [6, 6.07) is 8.52. The average Bonchev–Trinajstić information content (AvgIpc) is 2.35. The second-order valence-electron chi connectivity index (χ2n) is 3.66. The quantitative estimate of drug-likeness (QED) is 0.919. The summed E-state index contributed by atoms with van der Waals surface area (Å²) in [5.74, 6) is 0.132. The van der Waals surface area contributed by atoms with Gasteiger partial charge in [-0.25, -0.2) is 0 Å². The fourth-order valence-electron chi connectivity index (χ4n) is 1.36. The molecular weight excluding hydrogens is 318 g/mol. The first-order chi connectivity index (χ1) is 8.56. The lowest BCUT2D eigenvalue weighted by Gasteiger charge is -2.05. The summed E-state index contributed by atoms with van der Waals surface area (Å²) in [6.07, 6.45) is 0. The molecule has 92 valence electrons. The first-order valence-electron chi connectivity index (χ1n) is 5.13. The first-order valence-corrected chi connectivity index (χ1v) is 6.30. The van der Waals surface area contributed by atoms with Crippen molar-refractivity contribution >= 4 is 39.3 Å². The fourth-order valence-corrected chi connectivity index (χ4v) is 1.70. The van der Waals surface area contributed by atoms with Gasteiger partial charge in [0, 0.05) is 10.0 Å². The monoisotopic (exact) mass is 325 g/mol. The number of hydrogen-bond acceptors (Lipinski definition) is 3. The zero-order valence-electron chi connectivity index (χ0n) is 9.45. The largest absolute Gasteiger partial charge is 0.305 e. The molecule has 0 aliphatic rings. The topological polar surface area (TPSA) is 54.9 Å². The average molecular weight is 327 g/mol. The number of carbonyl (C=O) groups excluding carboxylic acids is 1. The van der Waals surface area contributed by atoms with Crippen molar-refractivity contribution in [2.24, 2.45) is 0 Å². The van der Waals surface area contributed by atoms with Crippen molar-refractivity contribution < 1.29 is 4.79 Å². The van der Waals surface area contributed by atoms with E-state index in [1.54, 1.807) is 24.3 Å². The molecule has 0 saturated carbocycles. The van der Waals surface area contributed by atoms with E-state index >= 15 is 0 Å². The molecule has 1 heterocycles. The third-order valence-electron chi connectivity index (χ3n) is 2.29. The molecular formula is C12H9BrClN3O. The van der Waals surface area contributed by atoms with Crippen LogP contribution in [-0.4, -0.2) is 16.1 Å². The van der Waals surface area contributed by atoms with Gasteiger partial charge in [-0.15, -0.1) is 10.2 Å². The summed E-state index contributed by atoms with van der Waals surface area (Å²) in [4.78, 5) is 11.9. The smallest absolute Gasteiger partial charge is 0.256 e. The Balaban J connectivity index is 2.16. The number of benzene rings is 1. The Morgan fingerprint density at radius 1 is 1.28 bits per heavy atom. The van der Waals surface area contributed by atoms with Gasteiger partial charge in [0.2, 0.25) is 0 Å². The van der Waals surface area contributed by atoms with Crippen LogP contribution in [-0.2, 0) is 0 Å². The number of rotatable bonds is 2. The molecule has 0 radical (unpaired) electrons. The highest BCUT2D eigenvalue weighted by molar-refractivity contribution is 9.10. The van der Waals surface area contributed by atoms with Crippen LogP contribution in [0.4, 0.5) is 5.82 Å². The zero-order chi connectivity index (χ0) is 13.1. The molecule has 2 aromatic rings. The second kappa shape index (κ2) is 5.46. The van der Waals surface area contributed by atoms with E-state index in [1.165, 1.54) is 0 Å². The van der Waals surface area contributed by atoms with Crippen LogP contribution < -0.4 is 5.32 Å². The van der Waals surface area contributed by atoms with Crippen molar-refractivity contribution in [3.8, 4) is 0 Å². The lowest BCUT2D eigenvalue weighted by Crippen LogP contribution is -2.13. The van der Waals surface area contributed by atoms with Crippen LogP contribution in [0.15, 0.2) is 34.8 Å². The third-order valence-corrected chi connectivity index (χ3v) is 3.39. The van der Waals surface area contributed by atoms with E-state index in [4.69, 9.17) is 11.6 Å². The summed E-state index contributed by atoms with van der Waals surface area (Å²) >= 11 is 9.00. The number of hydrogen-bond donors (Lipinski definition) is 1. The van der Waals surface area contributed by atoms with Gasteiger partial charge in [0.25, 0.3) is 5.91 Å². The van der Waals surface area contributed by atoms with Crippen molar-refractivity contribution in [3.05, 3.63) is 51.1 Å². The maximum Gasteiger partial charge on any atom is 0.256 e. The Morgan fingerprint density at radius 3 is 2.67 bits per heavy atom. The molecule has 1 aromatic heterocycles. The van der Waals surface area contributed by atoms with Crippen molar-refractivity contribution in [1.82, 2.24) is 10.2 Å². The van der Waals surface area contributed by atoms with Crippen LogP contribution in [0.2, 0.25) is 5.15 Å². The van der Waals surface area contributed by atoms with E-state index in [9.17, 15) is 4.79 Å². The van der Waals surface area contributed by atoms with Crippen LogP contribution in [0, 0.1) is 6.92 Å². The van der Waals surface area contributed by atoms with Gasteiger partial charge in [0.1, 0.15) is 0 Å². The van der Waals surface area contributed by atoms with Gasteiger partial charge in [0.15, 0.2) is 11.0 Å². The van der Waals surface area contributed by atoms with E-state index in [0.29, 0.717) is 11.4 Å². The predicted molar refractivity (Wildman–Crippen MR) is 73.9 cm³/mol. The predicted octanol–water partition coefficient (Wildman–Crippen LogP) is 3.45. The molecule has 0 fully saturated rings. The number of anilines is 1. The van der Waals surface area contributed by atoms with Gasteiger partial charge in [-0.2, -0.15) is 0 Å². The number of amides is 1. The number of aromatic nitrogens is 2. The van der Waals surface area contributed by atoms with Gasteiger partial charge < -0.3 is 5.32 Å². The lowest BCUT2D eigenvalue weighted by molar-refractivity contribution is 0.102. The van der Waals surface area contributed by atoms with Gasteiger partial charge in [-0.05, 0) is 42.8 Å². The van der Waals surface area contributed by atoms with Crippen LogP contribution in [0.1, 0.15) is 15.9 Å². The van der Waals surface area contributed by atoms with Gasteiger partial charge >= 0.3 is 0 Å². The van der Waals surface area contributed by atoms with Crippen LogP contribution in [0.5, 0.6) is 0 Å². The molecule has 0 bridgehead atoms. The standard InChI is InChI=1S/C12H9BrClN3O/c1-7-6-8(2-3-9(7)13)12(18)15-11-5-4-10(14)16-17-11/h2-6H,1H3,(H,15,17,18). The number of aryl methyl sites for hydroxylation is 1. The summed E-state index contributed by atoms with van der Waals surface area (Å²) in [5, 5.41) is 10.3. The highest BCUT2D eigenvalue weighted by atomic mass is 79.9. The van der Waals surface area contributed by atoms with Crippen molar-refractivity contribution in [2.45, 2.75) is 6.92 Å². The molecule has 6 heteroatoms. The van der Waals surface area contributed by atoms with Crippen molar-refractivity contribution in [2.75, 3.05) is 5.32 Å².